The van der Waals surface area contributed by atoms with Crippen molar-refractivity contribution in [3.8, 4) is 10.8 Å². The van der Waals surface area contributed by atoms with Gasteiger partial charge in [-0.2, -0.15) is 0 Å². The van der Waals surface area contributed by atoms with E-state index in [1.54, 1.807) is 11.3 Å². The van der Waals surface area contributed by atoms with Crippen molar-refractivity contribution in [3.63, 3.8) is 0 Å². The Morgan fingerprint density at radius 3 is 2.68 bits per heavy atom. The molecule has 1 saturated heterocycles. The van der Waals surface area contributed by atoms with E-state index >= 15 is 0 Å². The second-order valence-electron chi connectivity index (χ2n) is 5.78. The summed E-state index contributed by atoms with van der Waals surface area (Å²) in [4.78, 5) is 5.65. The maximum absolute atomic E-state index is 9.46. The van der Waals surface area contributed by atoms with E-state index in [0.717, 1.165) is 37.6 Å². The van der Waals surface area contributed by atoms with Gasteiger partial charge in [0.25, 0.3) is 5.89 Å². The van der Waals surface area contributed by atoms with Crippen molar-refractivity contribution >= 4 is 11.3 Å². The molecule has 1 N–H and O–H groups in total. The topological polar surface area (TPSA) is 65.6 Å². The van der Waals surface area contributed by atoms with Crippen molar-refractivity contribution in [2.45, 2.75) is 26.0 Å². The van der Waals surface area contributed by atoms with E-state index < -0.39 is 0 Å². The normalized spacial score (nSPS) is 20.1. The number of aliphatic hydroxyl groups excluding tert-OH is 1. The molecule has 1 fully saturated rings. The van der Waals surface area contributed by atoms with Crippen LogP contribution in [-0.4, -0.2) is 63.9 Å². The molecule has 6 nitrogen and oxygen atoms in total. The van der Waals surface area contributed by atoms with E-state index in [9.17, 15) is 5.11 Å². The molecule has 0 bridgehead atoms. The van der Waals surface area contributed by atoms with Gasteiger partial charge in [-0.15, -0.1) is 21.5 Å². The summed E-state index contributed by atoms with van der Waals surface area (Å²) >= 11 is 1.60. The quantitative estimate of drug-likeness (QED) is 0.906. The zero-order valence-corrected chi connectivity index (χ0v) is 13.8. The van der Waals surface area contributed by atoms with Crippen LogP contribution in [0.4, 0.5) is 0 Å². The van der Waals surface area contributed by atoms with Crippen LogP contribution in [0, 0.1) is 0 Å². The first-order chi connectivity index (χ1) is 10.6. The largest absolute Gasteiger partial charge is 0.418 e. The van der Waals surface area contributed by atoms with Crippen molar-refractivity contribution in [3.05, 3.63) is 23.4 Å². The minimum absolute atomic E-state index is 0.120. The molecule has 0 saturated carbocycles. The Balaban J connectivity index is 1.59. The Morgan fingerprint density at radius 2 is 2.05 bits per heavy atom. The molecule has 0 spiro atoms. The maximum atomic E-state index is 9.46. The van der Waals surface area contributed by atoms with E-state index in [0.29, 0.717) is 11.8 Å². The summed E-state index contributed by atoms with van der Waals surface area (Å²) in [5, 5.41) is 19.8. The van der Waals surface area contributed by atoms with Gasteiger partial charge in [0.15, 0.2) is 0 Å². The van der Waals surface area contributed by atoms with Gasteiger partial charge in [-0.25, -0.2) is 0 Å². The fourth-order valence-electron chi connectivity index (χ4n) is 2.77. The van der Waals surface area contributed by atoms with Crippen LogP contribution >= 0.6 is 11.3 Å². The molecule has 0 aromatic carbocycles. The van der Waals surface area contributed by atoms with Gasteiger partial charge in [-0.3, -0.25) is 9.80 Å². The Kier molecular flexibility index (Phi) is 4.87. The van der Waals surface area contributed by atoms with Crippen molar-refractivity contribution in [2.24, 2.45) is 0 Å². The fourth-order valence-corrected chi connectivity index (χ4v) is 3.41. The molecule has 2 atom stereocenters. The molecule has 0 unspecified atom stereocenters. The van der Waals surface area contributed by atoms with E-state index in [4.69, 9.17) is 4.42 Å². The SMILES string of the molecule is C[C@H](c1nnc(-c2cccs2)o1)N1CCN(C[C@@H](C)O)CC1. The lowest BCUT2D eigenvalue weighted by Crippen LogP contribution is -2.48. The van der Waals surface area contributed by atoms with Gasteiger partial charge in [-0.1, -0.05) is 6.07 Å². The first-order valence-corrected chi connectivity index (χ1v) is 8.53. The summed E-state index contributed by atoms with van der Waals surface area (Å²) in [6.45, 7) is 8.50. The number of aromatic nitrogens is 2. The van der Waals surface area contributed by atoms with E-state index in [-0.39, 0.29) is 12.1 Å². The highest BCUT2D eigenvalue weighted by molar-refractivity contribution is 7.13. The number of piperazine rings is 1. The summed E-state index contributed by atoms with van der Waals surface area (Å²) < 4.78 is 5.83. The molecule has 0 amide bonds. The van der Waals surface area contributed by atoms with Crippen molar-refractivity contribution in [1.29, 1.82) is 0 Å². The van der Waals surface area contributed by atoms with Crippen LogP contribution in [0.15, 0.2) is 21.9 Å². The summed E-state index contributed by atoms with van der Waals surface area (Å²) in [6, 6.07) is 4.09. The number of thiophene rings is 1. The lowest BCUT2D eigenvalue weighted by atomic mass is 10.2. The fraction of sp³-hybridized carbons (Fsp3) is 0.600. The minimum atomic E-state index is -0.270. The van der Waals surface area contributed by atoms with E-state index in [1.807, 2.05) is 24.4 Å². The molecular weight excluding hydrogens is 300 g/mol. The standard InChI is InChI=1S/C15H22N4O2S/c1-11(20)10-18-5-7-19(8-6-18)12(2)14-16-17-15(21-14)13-4-3-9-22-13/h3-4,9,11-12,20H,5-8,10H2,1-2H3/t11-,12-/m1/s1. The Labute approximate surface area is 134 Å². The highest BCUT2D eigenvalue weighted by Crippen LogP contribution is 2.27. The molecule has 1 aliphatic rings. The monoisotopic (exact) mass is 322 g/mol. The summed E-state index contributed by atoms with van der Waals surface area (Å²) in [6.07, 6.45) is -0.270. The average molecular weight is 322 g/mol. The summed E-state index contributed by atoms with van der Waals surface area (Å²) in [7, 11) is 0. The summed E-state index contributed by atoms with van der Waals surface area (Å²) in [5.41, 5.74) is 0. The zero-order valence-electron chi connectivity index (χ0n) is 13.0. The zero-order chi connectivity index (χ0) is 15.5. The first kappa shape index (κ1) is 15.6. The maximum Gasteiger partial charge on any atom is 0.257 e. The highest BCUT2D eigenvalue weighted by Gasteiger charge is 2.26. The van der Waals surface area contributed by atoms with Crippen LogP contribution in [0.5, 0.6) is 0 Å². The second kappa shape index (κ2) is 6.87. The Morgan fingerprint density at radius 1 is 1.27 bits per heavy atom. The van der Waals surface area contributed by atoms with Gasteiger partial charge in [0.1, 0.15) is 0 Å². The number of β-amino-alcohol motifs (C(OH)–C–C–N with tert-alkyl or cyclic N) is 1. The molecule has 0 aliphatic carbocycles. The van der Waals surface area contributed by atoms with Gasteiger partial charge >= 0.3 is 0 Å². The van der Waals surface area contributed by atoms with Gasteiger partial charge < -0.3 is 9.52 Å². The van der Waals surface area contributed by atoms with Crippen LogP contribution in [0.3, 0.4) is 0 Å². The predicted molar refractivity (Wildman–Crippen MR) is 85.7 cm³/mol. The van der Waals surface area contributed by atoms with Gasteiger partial charge in [0.2, 0.25) is 5.89 Å². The molecule has 2 aromatic rings. The Bertz CT molecular complexity index is 576. The summed E-state index contributed by atoms with van der Waals surface area (Å²) in [5.74, 6) is 1.27. The molecule has 22 heavy (non-hydrogen) atoms. The minimum Gasteiger partial charge on any atom is -0.418 e. The third kappa shape index (κ3) is 3.55. The van der Waals surface area contributed by atoms with Gasteiger partial charge in [-0.05, 0) is 25.3 Å². The second-order valence-corrected chi connectivity index (χ2v) is 6.73. The van der Waals surface area contributed by atoms with Crippen molar-refractivity contribution in [1.82, 2.24) is 20.0 Å². The van der Waals surface area contributed by atoms with Gasteiger partial charge in [0.05, 0.1) is 17.0 Å². The van der Waals surface area contributed by atoms with E-state index in [1.165, 1.54) is 0 Å². The number of rotatable bonds is 5. The molecule has 0 radical (unpaired) electrons. The third-order valence-corrected chi connectivity index (χ3v) is 4.86. The Hall–Kier alpha value is -1.28. The van der Waals surface area contributed by atoms with E-state index in [2.05, 4.69) is 26.9 Å². The molecule has 1 aliphatic heterocycles. The van der Waals surface area contributed by atoms with Crippen LogP contribution in [-0.2, 0) is 0 Å². The molecule has 3 rings (SSSR count). The number of hydrogen-bond acceptors (Lipinski definition) is 7. The highest BCUT2D eigenvalue weighted by atomic mass is 32.1. The number of hydrogen-bond donors (Lipinski definition) is 1. The lowest BCUT2D eigenvalue weighted by molar-refractivity contribution is 0.0598. The molecule has 3 heterocycles. The smallest absolute Gasteiger partial charge is 0.257 e. The van der Waals surface area contributed by atoms with Crippen LogP contribution in [0.1, 0.15) is 25.8 Å². The average Bonchev–Trinajstić information content (AvgIpc) is 3.18. The number of nitrogens with zero attached hydrogens (tertiary/aromatic N) is 4. The van der Waals surface area contributed by atoms with Crippen molar-refractivity contribution in [2.75, 3.05) is 32.7 Å². The van der Waals surface area contributed by atoms with Crippen LogP contribution < -0.4 is 0 Å². The molecule has 7 heteroatoms. The third-order valence-electron chi connectivity index (χ3n) is 4.01. The lowest BCUT2D eigenvalue weighted by Gasteiger charge is -2.37. The molecule has 120 valence electrons. The number of aliphatic hydroxyl groups is 1. The molecule has 2 aromatic heterocycles. The van der Waals surface area contributed by atoms with Crippen molar-refractivity contribution < 1.29 is 9.52 Å². The first-order valence-electron chi connectivity index (χ1n) is 7.65. The molecular formula is C15H22N4O2S. The van der Waals surface area contributed by atoms with Crippen LogP contribution in [0.2, 0.25) is 0 Å². The predicted octanol–water partition coefficient (Wildman–Crippen LogP) is 1.86. The van der Waals surface area contributed by atoms with Crippen LogP contribution in [0.25, 0.3) is 10.8 Å². The van der Waals surface area contributed by atoms with Gasteiger partial charge in [0, 0.05) is 32.7 Å².